The molecule has 0 saturated carbocycles. The second kappa shape index (κ2) is 5.91. The third-order valence-corrected chi connectivity index (χ3v) is 3.23. The Morgan fingerprint density at radius 2 is 2.20 bits per heavy atom. The second-order valence-electron chi connectivity index (χ2n) is 6.32. The van der Waals surface area contributed by atoms with Crippen molar-refractivity contribution in [3.05, 3.63) is 12.0 Å². The number of amides is 1. The third-order valence-electron chi connectivity index (χ3n) is 3.23. The van der Waals surface area contributed by atoms with Crippen LogP contribution in [0.2, 0.25) is 0 Å². The molecule has 1 N–H and O–H groups in total. The molecular weight excluding hydrogens is 258 g/mol. The van der Waals surface area contributed by atoms with Gasteiger partial charge < -0.3 is 19.3 Å². The number of alkyl carbamates (subject to hydrolysis) is 1. The van der Waals surface area contributed by atoms with Crippen molar-refractivity contribution in [2.45, 2.75) is 51.9 Å². The maximum Gasteiger partial charge on any atom is 0.413 e. The van der Waals surface area contributed by atoms with E-state index >= 15 is 0 Å². The standard InChI is InChI=1S/C14H25N3O3/c1-14(2,3)20-13(18)15-11-9-17(10-16(11)4)12-7-5-6-8-19-12/h9,12H,5-8,10H2,1-4H3,(H,15,18). The van der Waals surface area contributed by atoms with Crippen LogP contribution in [-0.2, 0) is 9.47 Å². The molecule has 114 valence electrons. The minimum Gasteiger partial charge on any atom is -0.444 e. The van der Waals surface area contributed by atoms with Crippen LogP contribution in [0.3, 0.4) is 0 Å². The highest BCUT2D eigenvalue weighted by molar-refractivity contribution is 5.69. The third kappa shape index (κ3) is 4.03. The minimum absolute atomic E-state index is 0.115. The van der Waals surface area contributed by atoms with Gasteiger partial charge in [0.2, 0.25) is 0 Å². The Kier molecular flexibility index (Phi) is 4.42. The van der Waals surface area contributed by atoms with E-state index in [1.165, 1.54) is 6.42 Å². The van der Waals surface area contributed by atoms with Crippen LogP contribution in [0.1, 0.15) is 40.0 Å². The van der Waals surface area contributed by atoms with Gasteiger partial charge in [0.25, 0.3) is 0 Å². The van der Waals surface area contributed by atoms with Gasteiger partial charge in [-0.15, -0.1) is 0 Å². The van der Waals surface area contributed by atoms with Gasteiger partial charge in [-0.25, -0.2) is 4.79 Å². The number of nitrogens with one attached hydrogen (secondary N) is 1. The summed E-state index contributed by atoms with van der Waals surface area (Å²) in [7, 11) is 1.94. The lowest BCUT2D eigenvalue weighted by Gasteiger charge is -2.31. The maximum atomic E-state index is 11.8. The highest BCUT2D eigenvalue weighted by atomic mass is 16.6. The fraction of sp³-hybridized carbons (Fsp3) is 0.786. The van der Waals surface area contributed by atoms with E-state index in [0.717, 1.165) is 31.9 Å². The van der Waals surface area contributed by atoms with Gasteiger partial charge in [-0.05, 0) is 40.0 Å². The molecule has 1 saturated heterocycles. The SMILES string of the molecule is CN1CN(C2CCCCO2)C=C1NC(=O)OC(C)(C)C. The number of carbonyl (C=O) groups is 1. The topological polar surface area (TPSA) is 54.0 Å². The van der Waals surface area contributed by atoms with Crippen molar-refractivity contribution in [1.82, 2.24) is 15.1 Å². The van der Waals surface area contributed by atoms with E-state index in [4.69, 9.17) is 9.47 Å². The van der Waals surface area contributed by atoms with Crippen LogP contribution in [0.4, 0.5) is 4.79 Å². The second-order valence-corrected chi connectivity index (χ2v) is 6.32. The lowest BCUT2D eigenvalue weighted by atomic mass is 10.2. The first-order valence-corrected chi connectivity index (χ1v) is 7.15. The zero-order valence-corrected chi connectivity index (χ0v) is 12.8. The highest BCUT2D eigenvalue weighted by Gasteiger charge is 2.28. The molecule has 1 amide bonds. The molecule has 0 aliphatic carbocycles. The summed E-state index contributed by atoms with van der Waals surface area (Å²) in [6.07, 6.45) is 4.97. The zero-order chi connectivity index (χ0) is 14.8. The van der Waals surface area contributed by atoms with Crippen LogP contribution >= 0.6 is 0 Å². The van der Waals surface area contributed by atoms with Crippen LogP contribution < -0.4 is 5.32 Å². The summed E-state index contributed by atoms with van der Waals surface area (Å²) in [5, 5.41) is 2.78. The molecule has 1 unspecified atom stereocenters. The first-order chi connectivity index (χ1) is 9.35. The van der Waals surface area contributed by atoms with Crippen molar-refractivity contribution in [2.75, 3.05) is 20.3 Å². The summed E-state index contributed by atoms with van der Waals surface area (Å²) >= 11 is 0. The molecule has 1 atom stereocenters. The molecule has 0 bridgehead atoms. The molecular formula is C14H25N3O3. The molecule has 0 aromatic rings. The minimum atomic E-state index is -0.492. The van der Waals surface area contributed by atoms with E-state index in [0.29, 0.717) is 0 Å². The quantitative estimate of drug-likeness (QED) is 0.840. The summed E-state index contributed by atoms with van der Waals surface area (Å²) < 4.78 is 11.0. The summed E-state index contributed by atoms with van der Waals surface area (Å²) in [4.78, 5) is 15.9. The molecule has 20 heavy (non-hydrogen) atoms. The molecule has 0 radical (unpaired) electrons. The van der Waals surface area contributed by atoms with Gasteiger partial charge >= 0.3 is 6.09 Å². The molecule has 6 nitrogen and oxygen atoms in total. The fourth-order valence-electron chi connectivity index (χ4n) is 2.31. The number of hydrogen-bond donors (Lipinski definition) is 1. The van der Waals surface area contributed by atoms with Crippen molar-refractivity contribution in [1.29, 1.82) is 0 Å². The fourth-order valence-corrected chi connectivity index (χ4v) is 2.31. The molecule has 2 aliphatic rings. The van der Waals surface area contributed by atoms with Gasteiger partial charge in [-0.3, -0.25) is 5.32 Å². The Hall–Kier alpha value is -1.43. The number of carbonyl (C=O) groups excluding carboxylic acids is 1. The van der Waals surface area contributed by atoms with E-state index in [1.807, 2.05) is 38.9 Å². The predicted octanol–water partition coefficient (Wildman–Crippen LogP) is 2.04. The predicted molar refractivity (Wildman–Crippen MR) is 75.5 cm³/mol. The molecule has 0 aromatic heterocycles. The summed E-state index contributed by atoms with van der Waals surface area (Å²) in [6.45, 7) is 7.08. The van der Waals surface area contributed by atoms with E-state index in [1.54, 1.807) is 0 Å². The summed E-state index contributed by atoms with van der Waals surface area (Å²) in [6, 6.07) is 0. The Morgan fingerprint density at radius 3 is 2.80 bits per heavy atom. The van der Waals surface area contributed by atoms with Gasteiger partial charge in [0.1, 0.15) is 17.6 Å². The van der Waals surface area contributed by atoms with Gasteiger partial charge in [-0.2, -0.15) is 0 Å². The van der Waals surface area contributed by atoms with Gasteiger partial charge in [0.05, 0.1) is 6.67 Å². The van der Waals surface area contributed by atoms with Crippen LogP contribution in [0.25, 0.3) is 0 Å². The molecule has 2 rings (SSSR count). The van der Waals surface area contributed by atoms with Crippen molar-refractivity contribution in [3.8, 4) is 0 Å². The summed E-state index contributed by atoms with van der Waals surface area (Å²) in [5.74, 6) is 0.744. The Bertz CT molecular complexity index is 384. The van der Waals surface area contributed by atoms with E-state index in [-0.39, 0.29) is 6.23 Å². The highest BCUT2D eigenvalue weighted by Crippen LogP contribution is 2.22. The Balaban J connectivity index is 1.91. The maximum absolute atomic E-state index is 11.8. The van der Waals surface area contributed by atoms with Crippen molar-refractivity contribution in [3.63, 3.8) is 0 Å². The molecule has 1 fully saturated rings. The molecule has 0 aromatic carbocycles. The largest absolute Gasteiger partial charge is 0.444 e. The number of ether oxygens (including phenoxy) is 2. The summed E-state index contributed by atoms with van der Waals surface area (Å²) in [5.41, 5.74) is -0.492. The Labute approximate surface area is 120 Å². The normalized spacial score (nSPS) is 23.6. The number of hydrogen-bond acceptors (Lipinski definition) is 5. The zero-order valence-electron chi connectivity index (χ0n) is 12.8. The van der Waals surface area contributed by atoms with Crippen molar-refractivity contribution in [2.24, 2.45) is 0 Å². The van der Waals surface area contributed by atoms with Crippen LogP contribution in [0, 0.1) is 0 Å². The van der Waals surface area contributed by atoms with Crippen LogP contribution in [0.5, 0.6) is 0 Å². The average Bonchev–Trinajstić information content (AvgIpc) is 2.70. The monoisotopic (exact) mass is 283 g/mol. The van der Waals surface area contributed by atoms with Gasteiger partial charge in [-0.1, -0.05) is 0 Å². The molecule has 2 aliphatic heterocycles. The van der Waals surface area contributed by atoms with Crippen molar-refractivity contribution >= 4 is 6.09 Å². The van der Waals surface area contributed by atoms with E-state index in [9.17, 15) is 4.79 Å². The van der Waals surface area contributed by atoms with Crippen LogP contribution in [-0.4, -0.2) is 48.0 Å². The lowest BCUT2D eigenvalue weighted by Crippen LogP contribution is -2.38. The lowest BCUT2D eigenvalue weighted by molar-refractivity contribution is -0.0694. The first-order valence-electron chi connectivity index (χ1n) is 7.15. The van der Waals surface area contributed by atoms with Crippen molar-refractivity contribution < 1.29 is 14.3 Å². The molecule has 2 heterocycles. The first kappa shape index (κ1) is 15.0. The van der Waals surface area contributed by atoms with Gasteiger partial charge in [0, 0.05) is 19.9 Å². The van der Waals surface area contributed by atoms with E-state index in [2.05, 4.69) is 10.2 Å². The molecule has 0 spiro atoms. The van der Waals surface area contributed by atoms with Crippen LogP contribution in [0.15, 0.2) is 12.0 Å². The van der Waals surface area contributed by atoms with Gasteiger partial charge in [0.15, 0.2) is 0 Å². The Morgan fingerprint density at radius 1 is 1.45 bits per heavy atom. The van der Waals surface area contributed by atoms with E-state index < -0.39 is 11.7 Å². The molecule has 6 heteroatoms. The average molecular weight is 283 g/mol. The number of rotatable bonds is 2. The number of nitrogens with zero attached hydrogens (tertiary/aromatic N) is 2. The smallest absolute Gasteiger partial charge is 0.413 e.